The molecule has 0 aromatic heterocycles. The molecule has 1 atom stereocenters. The molecule has 0 aliphatic carbocycles. The van der Waals surface area contributed by atoms with Crippen molar-refractivity contribution in [3.63, 3.8) is 0 Å². The van der Waals surface area contributed by atoms with Gasteiger partial charge >= 0.3 is 0 Å². The van der Waals surface area contributed by atoms with Crippen molar-refractivity contribution in [3.8, 4) is 0 Å². The first-order valence-corrected chi connectivity index (χ1v) is 6.07. The van der Waals surface area contributed by atoms with Crippen molar-refractivity contribution in [2.24, 2.45) is 0 Å². The molecule has 0 bridgehead atoms. The highest BCUT2D eigenvalue weighted by Crippen LogP contribution is 2.15. The zero-order valence-electron chi connectivity index (χ0n) is 8.92. The third kappa shape index (κ3) is 4.16. The van der Waals surface area contributed by atoms with Crippen molar-refractivity contribution >= 4 is 11.9 Å². The van der Waals surface area contributed by atoms with Gasteiger partial charge in [0.1, 0.15) is 0 Å². The molecule has 1 unspecified atom stereocenters. The second-order valence-corrected chi connectivity index (χ2v) is 4.22. The van der Waals surface area contributed by atoms with Crippen molar-refractivity contribution < 1.29 is 0 Å². The largest absolute Gasteiger partial charge is 0.257 e. The first-order chi connectivity index (χ1) is 6.86. The topological polar surface area (TPSA) is 12.0 Å². The summed E-state index contributed by atoms with van der Waals surface area (Å²) in [6.45, 7) is 4.45. The molecule has 0 fully saturated rings. The smallest absolute Gasteiger partial charge is 0.0307 e. The second kappa shape index (κ2) is 6.91. The van der Waals surface area contributed by atoms with Crippen LogP contribution < -0.4 is 4.72 Å². The summed E-state index contributed by atoms with van der Waals surface area (Å²) >= 11 is 1.69. The van der Waals surface area contributed by atoms with E-state index < -0.39 is 0 Å². The molecular weight excluding hydrogens is 190 g/mol. The molecule has 1 rings (SSSR count). The highest BCUT2D eigenvalue weighted by atomic mass is 32.2. The maximum absolute atomic E-state index is 3.47. The van der Waals surface area contributed by atoms with E-state index in [1.807, 2.05) is 18.2 Å². The van der Waals surface area contributed by atoms with Crippen LogP contribution >= 0.6 is 11.9 Å². The molecule has 1 aromatic rings. The van der Waals surface area contributed by atoms with Crippen LogP contribution in [-0.4, -0.2) is 6.04 Å². The lowest BCUT2D eigenvalue weighted by molar-refractivity contribution is 0.555. The Morgan fingerprint density at radius 3 is 2.86 bits per heavy atom. The molecule has 1 aromatic carbocycles. The van der Waals surface area contributed by atoms with Crippen LogP contribution in [0, 0.1) is 6.07 Å². The minimum Gasteiger partial charge on any atom is -0.257 e. The highest BCUT2D eigenvalue weighted by molar-refractivity contribution is 7.97. The first-order valence-electron chi connectivity index (χ1n) is 5.25. The molecule has 0 aliphatic heterocycles. The summed E-state index contributed by atoms with van der Waals surface area (Å²) in [6.07, 6.45) is 3.68. The van der Waals surface area contributed by atoms with E-state index in [9.17, 15) is 0 Å². The fraction of sp³-hybridized carbons (Fsp3) is 0.500. The number of hydrogen-bond donors (Lipinski definition) is 1. The van der Waals surface area contributed by atoms with Crippen molar-refractivity contribution in [1.29, 1.82) is 0 Å². The maximum Gasteiger partial charge on any atom is 0.0307 e. The number of nitrogens with one attached hydrogen (secondary N) is 1. The minimum atomic E-state index is 0.624. The summed E-state index contributed by atoms with van der Waals surface area (Å²) < 4.78 is 3.47. The Kier molecular flexibility index (Phi) is 5.72. The molecule has 77 valence electrons. The third-order valence-corrected chi connectivity index (χ3v) is 3.07. The van der Waals surface area contributed by atoms with Gasteiger partial charge in [0, 0.05) is 10.9 Å². The van der Waals surface area contributed by atoms with Crippen LogP contribution in [0.1, 0.15) is 33.1 Å². The summed E-state index contributed by atoms with van der Waals surface area (Å²) in [5.41, 5.74) is 0. The van der Waals surface area contributed by atoms with E-state index in [-0.39, 0.29) is 0 Å². The van der Waals surface area contributed by atoms with Gasteiger partial charge < -0.3 is 0 Å². The predicted molar refractivity (Wildman–Crippen MR) is 63.3 cm³/mol. The van der Waals surface area contributed by atoms with Crippen LogP contribution in [0.15, 0.2) is 29.2 Å². The molecule has 1 radical (unpaired) electrons. The quantitative estimate of drug-likeness (QED) is 0.716. The van der Waals surface area contributed by atoms with Gasteiger partial charge in [-0.2, -0.15) is 0 Å². The fourth-order valence-corrected chi connectivity index (χ4v) is 2.13. The number of hydrogen-bond acceptors (Lipinski definition) is 2. The van der Waals surface area contributed by atoms with E-state index >= 15 is 0 Å². The predicted octanol–water partition coefficient (Wildman–Crippen LogP) is 3.66. The Hall–Kier alpha value is -0.470. The van der Waals surface area contributed by atoms with Gasteiger partial charge in [-0.25, -0.2) is 0 Å². The van der Waals surface area contributed by atoms with Crippen molar-refractivity contribution in [3.05, 3.63) is 30.3 Å². The van der Waals surface area contributed by atoms with Crippen molar-refractivity contribution in [1.82, 2.24) is 4.72 Å². The molecular formula is C12H18NS. The Bertz CT molecular complexity index is 235. The van der Waals surface area contributed by atoms with Gasteiger partial charge in [-0.15, -0.1) is 0 Å². The molecule has 1 nitrogen and oxygen atoms in total. The second-order valence-electron chi connectivity index (χ2n) is 3.34. The van der Waals surface area contributed by atoms with E-state index in [0.29, 0.717) is 6.04 Å². The van der Waals surface area contributed by atoms with Gasteiger partial charge in [0.2, 0.25) is 0 Å². The molecule has 0 spiro atoms. The molecule has 0 saturated heterocycles. The summed E-state index contributed by atoms with van der Waals surface area (Å²) in [7, 11) is 0. The lowest BCUT2D eigenvalue weighted by atomic mass is 10.1. The Morgan fingerprint density at radius 2 is 2.29 bits per heavy atom. The van der Waals surface area contributed by atoms with Gasteiger partial charge in [0.15, 0.2) is 0 Å². The molecule has 1 N–H and O–H groups in total. The van der Waals surface area contributed by atoms with Gasteiger partial charge in [-0.05, 0) is 36.9 Å². The zero-order valence-corrected chi connectivity index (χ0v) is 9.73. The SMILES string of the molecule is CCCC(CC)NSc1[c]cccc1. The normalized spacial score (nSPS) is 12.7. The average Bonchev–Trinajstić information content (AvgIpc) is 2.25. The monoisotopic (exact) mass is 208 g/mol. The average molecular weight is 208 g/mol. The van der Waals surface area contributed by atoms with Gasteiger partial charge in [-0.3, -0.25) is 4.72 Å². The van der Waals surface area contributed by atoms with E-state index in [2.05, 4.69) is 30.7 Å². The van der Waals surface area contributed by atoms with E-state index in [1.165, 1.54) is 24.2 Å². The Morgan fingerprint density at radius 1 is 1.43 bits per heavy atom. The van der Waals surface area contributed by atoms with Crippen LogP contribution in [0.3, 0.4) is 0 Å². The van der Waals surface area contributed by atoms with Crippen LogP contribution in [0.5, 0.6) is 0 Å². The van der Waals surface area contributed by atoms with Crippen molar-refractivity contribution in [2.45, 2.75) is 44.0 Å². The summed E-state index contributed by atoms with van der Waals surface area (Å²) in [4.78, 5) is 1.17. The Balaban J connectivity index is 2.32. The standard InChI is InChI=1S/C12H18NS/c1-3-8-11(4-2)13-14-12-9-6-5-7-10-12/h5-7,9,11,13H,3-4,8H2,1-2H3. The summed E-state index contributed by atoms with van der Waals surface area (Å²) in [5.74, 6) is 0. The van der Waals surface area contributed by atoms with E-state index in [1.54, 1.807) is 11.9 Å². The third-order valence-electron chi connectivity index (χ3n) is 2.15. The lowest BCUT2D eigenvalue weighted by Crippen LogP contribution is -2.21. The van der Waals surface area contributed by atoms with Crippen LogP contribution in [0.25, 0.3) is 0 Å². The first kappa shape index (κ1) is 11.6. The van der Waals surface area contributed by atoms with Gasteiger partial charge in [0.25, 0.3) is 0 Å². The minimum absolute atomic E-state index is 0.624. The molecule has 0 aliphatic rings. The van der Waals surface area contributed by atoms with Crippen LogP contribution in [0.2, 0.25) is 0 Å². The number of rotatable bonds is 6. The molecule has 2 heteroatoms. The molecule has 0 saturated carbocycles. The van der Waals surface area contributed by atoms with E-state index in [0.717, 1.165) is 0 Å². The van der Waals surface area contributed by atoms with Gasteiger partial charge in [-0.1, -0.05) is 38.5 Å². The van der Waals surface area contributed by atoms with Crippen molar-refractivity contribution in [2.75, 3.05) is 0 Å². The molecule has 14 heavy (non-hydrogen) atoms. The zero-order chi connectivity index (χ0) is 10.2. The van der Waals surface area contributed by atoms with Gasteiger partial charge in [0.05, 0.1) is 0 Å². The molecule has 0 heterocycles. The van der Waals surface area contributed by atoms with Crippen LogP contribution in [-0.2, 0) is 0 Å². The fourth-order valence-electron chi connectivity index (χ4n) is 1.28. The highest BCUT2D eigenvalue weighted by Gasteiger charge is 2.03. The summed E-state index contributed by atoms with van der Waals surface area (Å²) in [5, 5.41) is 0. The molecule has 0 amide bonds. The Labute approximate surface area is 91.4 Å². The summed E-state index contributed by atoms with van der Waals surface area (Å²) in [6, 6.07) is 11.9. The van der Waals surface area contributed by atoms with E-state index in [4.69, 9.17) is 0 Å². The number of benzene rings is 1. The lowest BCUT2D eigenvalue weighted by Gasteiger charge is -2.14. The maximum atomic E-state index is 3.47. The van der Waals surface area contributed by atoms with Crippen LogP contribution in [0.4, 0.5) is 0 Å².